The van der Waals surface area contributed by atoms with Gasteiger partial charge in [0.1, 0.15) is 12.4 Å². The van der Waals surface area contributed by atoms with Gasteiger partial charge in [0.15, 0.2) is 0 Å². The van der Waals surface area contributed by atoms with E-state index in [2.05, 4.69) is 5.32 Å². The zero-order valence-corrected chi connectivity index (χ0v) is 16.2. The van der Waals surface area contributed by atoms with Gasteiger partial charge in [-0.3, -0.25) is 19.3 Å². The molecule has 2 aromatic rings. The molecule has 146 valence electrons. The molecule has 0 fully saturated rings. The van der Waals surface area contributed by atoms with Crippen molar-refractivity contribution >= 4 is 17.7 Å². The smallest absolute Gasteiger partial charge is 0.261 e. The molecule has 3 amide bonds. The Morgan fingerprint density at radius 3 is 2.36 bits per heavy atom. The van der Waals surface area contributed by atoms with Crippen molar-refractivity contribution in [1.82, 2.24) is 10.2 Å². The quantitative estimate of drug-likeness (QED) is 0.564. The fourth-order valence-corrected chi connectivity index (χ4v) is 3.24. The van der Waals surface area contributed by atoms with Crippen LogP contribution in [0.3, 0.4) is 0 Å². The van der Waals surface area contributed by atoms with Crippen molar-refractivity contribution < 1.29 is 19.1 Å². The summed E-state index contributed by atoms with van der Waals surface area (Å²) in [6.07, 6.45) is 0.673. The number of amides is 3. The number of hydrogen-bond donors (Lipinski definition) is 1. The van der Waals surface area contributed by atoms with E-state index in [1.165, 1.54) is 10.5 Å². The van der Waals surface area contributed by atoms with Crippen molar-refractivity contribution in [2.24, 2.45) is 0 Å². The van der Waals surface area contributed by atoms with E-state index in [0.29, 0.717) is 30.7 Å². The minimum absolute atomic E-state index is 0.124. The summed E-state index contributed by atoms with van der Waals surface area (Å²) >= 11 is 0. The van der Waals surface area contributed by atoms with E-state index in [1.54, 1.807) is 24.3 Å². The molecule has 0 spiro atoms. The number of nitrogens with one attached hydrogen (secondary N) is 1. The fourth-order valence-electron chi connectivity index (χ4n) is 3.24. The number of benzene rings is 2. The van der Waals surface area contributed by atoms with Crippen LogP contribution in [0.5, 0.6) is 5.75 Å². The molecule has 1 aliphatic rings. The van der Waals surface area contributed by atoms with Gasteiger partial charge in [0.2, 0.25) is 5.91 Å². The summed E-state index contributed by atoms with van der Waals surface area (Å²) in [5.41, 5.74) is 3.10. The van der Waals surface area contributed by atoms with Gasteiger partial charge in [-0.15, -0.1) is 0 Å². The Bertz CT molecular complexity index is 872. The highest BCUT2D eigenvalue weighted by Crippen LogP contribution is 2.22. The summed E-state index contributed by atoms with van der Waals surface area (Å²) in [4.78, 5) is 37.7. The second-order valence-electron chi connectivity index (χ2n) is 6.88. The van der Waals surface area contributed by atoms with Crippen molar-refractivity contribution in [3.63, 3.8) is 0 Å². The molecule has 0 aliphatic carbocycles. The van der Waals surface area contributed by atoms with Crippen molar-refractivity contribution in [1.29, 1.82) is 0 Å². The Hall–Kier alpha value is -3.15. The highest BCUT2D eigenvalue weighted by Gasteiger charge is 2.34. The van der Waals surface area contributed by atoms with Gasteiger partial charge in [-0.25, -0.2) is 0 Å². The molecule has 3 rings (SSSR count). The number of carbonyl (C=O) groups is 3. The lowest BCUT2D eigenvalue weighted by Crippen LogP contribution is -2.32. The number of rotatable bonds is 8. The molecule has 0 aromatic heterocycles. The lowest BCUT2D eigenvalue weighted by atomic mass is 10.1. The molecule has 0 bridgehead atoms. The average molecular weight is 380 g/mol. The standard InChI is InChI=1S/C22H24N2O4/c1-15-9-10-19(16(2)14-15)28-13-11-23-20(25)8-5-12-24-21(26)17-6-3-4-7-18(17)22(24)27/h3-4,6-7,9-10,14H,5,8,11-13H2,1-2H3,(H,23,25). The monoisotopic (exact) mass is 380 g/mol. The molecular weight excluding hydrogens is 356 g/mol. The number of nitrogens with zero attached hydrogens (tertiary/aromatic N) is 1. The minimum Gasteiger partial charge on any atom is -0.491 e. The summed E-state index contributed by atoms with van der Waals surface area (Å²) in [5, 5.41) is 2.80. The second-order valence-corrected chi connectivity index (χ2v) is 6.88. The van der Waals surface area contributed by atoms with E-state index in [4.69, 9.17) is 4.74 Å². The number of fused-ring (bicyclic) bond motifs is 1. The highest BCUT2D eigenvalue weighted by atomic mass is 16.5. The van der Waals surface area contributed by atoms with E-state index in [1.807, 2.05) is 32.0 Å². The molecule has 1 aliphatic heterocycles. The lowest BCUT2D eigenvalue weighted by Gasteiger charge is -2.13. The molecule has 6 nitrogen and oxygen atoms in total. The third-order valence-electron chi connectivity index (χ3n) is 4.68. The van der Waals surface area contributed by atoms with Crippen LogP contribution < -0.4 is 10.1 Å². The zero-order chi connectivity index (χ0) is 20.1. The Kier molecular flexibility index (Phi) is 6.09. The Morgan fingerprint density at radius 1 is 1.04 bits per heavy atom. The molecule has 0 radical (unpaired) electrons. The first kappa shape index (κ1) is 19.6. The van der Waals surface area contributed by atoms with Crippen LogP contribution in [0, 0.1) is 13.8 Å². The van der Waals surface area contributed by atoms with Crippen LogP contribution >= 0.6 is 0 Å². The van der Waals surface area contributed by atoms with Gasteiger partial charge in [0.05, 0.1) is 17.7 Å². The third kappa shape index (κ3) is 4.39. The number of carbonyl (C=O) groups excluding carboxylic acids is 3. The van der Waals surface area contributed by atoms with E-state index in [9.17, 15) is 14.4 Å². The van der Waals surface area contributed by atoms with Gasteiger partial charge in [-0.05, 0) is 44.0 Å². The fraction of sp³-hybridized carbons (Fsp3) is 0.318. The molecule has 0 unspecified atom stereocenters. The lowest BCUT2D eigenvalue weighted by molar-refractivity contribution is -0.121. The first-order chi connectivity index (χ1) is 13.5. The molecule has 1 N–H and O–H groups in total. The van der Waals surface area contributed by atoms with Crippen LogP contribution in [0.25, 0.3) is 0 Å². The zero-order valence-electron chi connectivity index (χ0n) is 16.2. The van der Waals surface area contributed by atoms with Crippen molar-refractivity contribution in [2.75, 3.05) is 19.7 Å². The molecular formula is C22H24N2O4. The summed E-state index contributed by atoms with van der Waals surface area (Å²) < 4.78 is 5.68. The van der Waals surface area contributed by atoms with E-state index >= 15 is 0 Å². The van der Waals surface area contributed by atoms with Crippen LogP contribution in [0.1, 0.15) is 44.7 Å². The van der Waals surface area contributed by atoms with Gasteiger partial charge >= 0.3 is 0 Å². The van der Waals surface area contributed by atoms with Gasteiger partial charge in [0.25, 0.3) is 11.8 Å². The van der Waals surface area contributed by atoms with E-state index < -0.39 is 0 Å². The Morgan fingerprint density at radius 2 is 1.71 bits per heavy atom. The van der Waals surface area contributed by atoms with Gasteiger partial charge < -0.3 is 10.1 Å². The molecule has 0 atom stereocenters. The molecule has 28 heavy (non-hydrogen) atoms. The summed E-state index contributed by atoms with van der Waals surface area (Å²) in [6.45, 7) is 5.03. The highest BCUT2D eigenvalue weighted by molar-refractivity contribution is 6.21. The van der Waals surface area contributed by atoms with Gasteiger partial charge in [-0.2, -0.15) is 0 Å². The summed E-state index contributed by atoms with van der Waals surface area (Å²) in [5.74, 6) is 0.108. The average Bonchev–Trinajstić information content (AvgIpc) is 2.92. The number of ether oxygens (including phenoxy) is 1. The van der Waals surface area contributed by atoms with Crippen LogP contribution in [0.4, 0.5) is 0 Å². The Balaban J connectivity index is 1.36. The molecule has 0 saturated heterocycles. The Labute approximate surface area is 164 Å². The van der Waals surface area contributed by atoms with Crippen LogP contribution in [0.15, 0.2) is 42.5 Å². The van der Waals surface area contributed by atoms with Crippen molar-refractivity contribution in [3.05, 3.63) is 64.7 Å². The van der Waals surface area contributed by atoms with Crippen molar-refractivity contribution in [3.8, 4) is 5.75 Å². The SMILES string of the molecule is Cc1ccc(OCCNC(=O)CCCN2C(=O)c3ccccc3C2=O)c(C)c1. The molecule has 6 heteroatoms. The van der Waals surface area contributed by atoms with Gasteiger partial charge in [0, 0.05) is 13.0 Å². The third-order valence-corrected chi connectivity index (χ3v) is 4.68. The number of hydrogen-bond acceptors (Lipinski definition) is 4. The van der Waals surface area contributed by atoms with E-state index in [-0.39, 0.29) is 30.7 Å². The van der Waals surface area contributed by atoms with Crippen LogP contribution in [0.2, 0.25) is 0 Å². The van der Waals surface area contributed by atoms with Crippen LogP contribution in [-0.4, -0.2) is 42.3 Å². The predicted octanol–water partition coefficient (Wildman–Crippen LogP) is 2.87. The van der Waals surface area contributed by atoms with Crippen LogP contribution in [-0.2, 0) is 4.79 Å². The first-order valence-electron chi connectivity index (χ1n) is 9.39. The maximum absolute atomic E-state index is 12.3. The number of aryl methyl sites for hydroxylation is 2. The second kappa shape index (κ2) is 8.69. The largest absolute Gasteiger partial charge is 0.491 e. The van der Waals surface area contributed by atoms with Gasteiger partial charge in [-0.1, -0.05) is 29.8 Å². The van der Waals surface area contributed by atoms with E-state index in [0.717, 1.165) is 11.3 Å². The molecule has 1 heterocycles. The maximum atomic E-state index is 12.3. The molecule has 0 saturated carbocycles. The topological polar surface area (TPSA) is 75.7 Å². The summed E-state index contributed by atoms with van der Waals surface area (Å²) in [7, 11) is 0. The predicted molar refractivity (Wildman–Crippen MR) is 105 cm³/mol. The first-order valence-corrected chi connectivity index (χ1v) is 9.39. The molecule has 2 aromatic carbocycles. The summed E-state index contributed by atoms with van der Waals surface area (Å²) in [6, 6.07) is 12.7. The number of imide groups is 1. The maximum Gasteiger partial charge on any atom is 0.261 e. The van der Waals surface area contributed by atoms with Crippen molar-refractivity contribution in [2.45, 2.75) is 26.7 Å². The minimum atomic E-state index is -0.289. The normalized spacial score (nSPS) is 12.9.